The monoisotopic (exact) mass is 154 g/mol. The zero-order chi connectivity index (χ0) is 9.08. The molecule has 0 N–H and O–H groups in total. The van der Waals surface area contributed by atoms with Gasteiger partial charge in [-0.2, -0.15) is 0 Å². The Morgan fingerprint density at radius 3 is 1.27 bits per heavy atom. The minimum absolute atomic E-state index is 0.454. The lowest BCUT2D eigenvalue weighted by molar-refractivity contribution is 0.179. The second kappa shape index (κ2) is 1.84. The summed E-state index contributed by atoms with van der Waals surface area (Å²) in [6.45, 7) is 16.7. The standard InChI is InChI=1S/C11H22/c1-8-10(5,6)11(8,7)9(2,3)4/h8H,1-7H3. The third kappa shape index (κ3) is 0.816. The van der Waals surface area contributed by atoms with E-state index in [1.54, 1.807) is 0 Å². The average molecular weight is 154 g/mol. The van der Waals surface area contributed by atoms with Crippen molar-refractivity contribution in [1.29, 1.82) is 0 Å². The van der Waals surface area contributed by atoms with E-state index < -0.39 is 0 Å². The molecule has 2 unspecified atom stereocenters. The molecule has 0 amide bonds. The summed E-state index contributed by atoms with van der Waals surface area (Å²) in [5.41, 5.74) is 1.54. The predicted molar refractivity (Wildman–Crippen MR) is 50.5 cm³/mol. The molecule has 0 aromatic rings. The van der Waals surface area contributed by atoms with Gasteiger partial charge in [0, 0.05) is 0 Å². The van der Waals surface area contributed by atoms with E-state index in [1.807, 2.05) is 0 Å². The lowest BCUT2D eigenvalue weighted by Crippen LogP contribution is -2.23. The van der Waals surface area contributed by atoms with Gasteiger partial charge >= 0.3 is 0 Å². The van der Waals surface area contributed by atoms with Gasteiger partial charge in [0.15, 0.2) is 0 Å². The fraction of sp³-hybridized carbons (Fsp3) is 1.00. The molecule has 66 valence electrons. The van der Waals surface area contributed by atoms with Gasteiger partial charge in [-0.05, 0) is 22.2 Å². The molecule has 11 heavy (non-hydrogen) atoms. The molecule has 0 aromatic carbocycles. The molecule has 0 aromatic heterocycles. The summed E-state index contributed by atoms with van der Waals surface area (Å²) in [5.74, 6) is 0.870. The first-order chi connectivity index (χ1) is 4.65. The molecule has 2 atom stereocenters. The van der Waals surface area contributed by atoms with Crippen LogP contribution in [0.5, 0.6) is 0 Å². The van der Waals surface area contributed by atoms with E-state index in [9.17, 15) is 0 Å². The smallest absolute Gasteiger partial charge is 0.0192 e. The van der Waals surface area contributed by atoms with Crippen molar-refractivity contribution in [3.8, 4) is 0 Å². The molecule has 1 aliphatic carbocycles. The molecular weight excluding hydrogens is 132 g/mol. The van der Waals surface area contributed by atoms with E-state index in [2.05, 4.69) is 48.5 Å². The molecule has 1 saturated carbocycles. The molecule has 0 spiro atoms. The van der Waals surface area contributed by atoms with Crippen molar-refractivity contribution in [2.24, 2.45) is 22.2 Å². The summed E-state index contributed by atoms with van der Waals surface area (Å²) in [6, 6.07) is 0. The molecule has 0 radical (unpaired) electrons. The Morgan fingerprint density at radius 1 is 1.00 bits per heavy atom. The SMILES string of the molecule is CC1C(C)(C)C1(C)C(C)(C)C. The predicted octanol–water partition coefficient (Wildman–Crippen LogP) is 3.71. The number of hydrogen-bond acceptors (Lipinski definition) is 0. The molecular formula is C11H22. The van der Waals surface area contributed by atoms with Gasteiger partial charge < -0.3 is 0 Å². The topological polar surface area (TPSA) is 0 Å². The Hall–Kier alpha value is 0. The Balaban J connectivity index is 2.92. The van der Waals surface area contributed by atoms with Crippen molar-refractivity contribution >= 4 is 0 Å². The van der Waals surface area contributed by atoms with E-state index in [0.717, 1.165) is 5.92 Å². The van der Waals surface area contributed by atoms with E-state index in [1.165, 1.54) is 0 Å². The molecule has 0 nitrogen and oxygen atoms in total. The highest BCUT2D eigenvalue weighted by molar-refractivity contribution is 5.17. The van der Waals surface area contributed by atoms with E-state index in [-0.39, 0.29) is 0 Å². The molecule has 1 fully saturated rings. The zero-order valence-electron chi connectivity index (χ0n) is 9.08. The Labute approximate surface area is 71.4 Å². The van der Waals surface area contributed by atoms with Gasteiger partial charge in [0.1, 0.15) is 0 Å². The first kappa shape index (κ1) is 9.09. The van der Waals surface area contributed by atoms with Crippen LogP contribution in [-0.2, 0) is 0 Å². The summed E-state index contributed by atoms with van der Waals surface area (Å²) in [4.78, 5) is 0. The summed E-state index contributed by atoms with van der Waals surface area (Å²) in [5, 5.41) is 0. The van der Waals surface area contributed by atoms with Crippen molar-refractivity contribution in [2.75, 3.05) is 0 Å². The molecule has 0 bridgehead atoms. The van der Waals surface area contributed by atoms with Crippen LogP contribution in [0, 0.1) is 22.2 Å². The van der Waals surface area contributed by atoms with Crippen LogP contribution >= 0.6 is 0 Å². The van der Waals surface area contributed by atoms with Crippen molar-refractivity contribution in [3.05, 3.63) is 0 Å². The summed E-state index contributed by atoms with van der Waals surface area (Å²) >= 11 is 0. The van der Waals surface area contributed by atoms with Crippen LogP contribution in [0.25, 0.3) is 0 Å². The van der Waals surface area contributed by atoms with Gasteiger partial charge in [-0.3, -0.25) is 0 Å². The highest BCUT2D eigenvalue weighted by Gasteiger charge is 2.69. The van der Waals surface area contributed by atoms with Crippen molar-refractivity contribution in [2.45, 2.75) is 48.5 Å². The maximum Gasteiger partial charge on any atom is -0.0192 e. The van der Waals surface area contributed by atoms with Crippen molar-refractivity contribution in [3.63, 3.8) is 0 Å². The molecule has 1 rings (SSSR count). The van der Waals surface area contributed by atoms with E-state index >= 15 is 0 Å². The van der Waals surface area contributed by atoms with Crippen LogP contribution in [0.1, 0.15) is 48.5 Å². The lowest BCUT2D eigenvalue weighted by atomic mass is 9.74. The quantitative estimate of drug-likeness (QED) is 0.499. The Morgan fingerprint density at radius 2 is 1.27 bits per heavy atom. The second-order valence-electron chi connectivity index (χ2n) is 5.90. The van der Waals surface area contributed by atoms with E-state index in [4.69, 9.17) is 0 Å². The van der Waals surface area contributed by atoms with Gasteiger partial charge in [-0.1, -0.05) is 48.5 Å². The maximum absolute atomic E-state index is 2.43. The van der Waals surface area contributed by atoms with Crippen LogP contribution < -0.4 is 0 Å². The molecule has 0 heterocycles. The summed E-state index contributed by atoms with van der Waals surface area (Å²) in [6.07, 6.45) is 0. The minimum Gasteiger partial charge on any atom is -0.0614 e. The Bertz CT molecular complexity index is 159. The third-order valence-electron chi connectivity index (χ3n) is 4.76. The fourth-order valence-electron chi connectivity index (χ4n) is 2.89. The summed E-state index contributed by atoms with van der Waals surface area (Å²) in [7, 11) is 0. The zero-order valence-corrected chi connectivity index (χ0v) is 9.08. The first-order valence-electron chi connectivity index (χ1n) is 4.65. The van der Waals surface area contributed by atoms with Crippen LogP contribution in [0.15, 0.2) is 0 Å². The molecule has 0 aliphatic heterocycles. The summed E-state index contributed by atoms with van der Waals surface area (Å²) < 4.78 is 0. The van der Waals surface area contributed by atoms with Crippen molar-refractivity contribution < 1.29 is 0 Å². The van der Waals surface area contributed by atoms with Gasteiger partial charge in [0.2, 0.25) is 0 Å². The molecule has 0 heteroatoms. The average Bonchev–Trinajstić information content (AvgIpc) is 2.14. The van der Waals surface area contributed by atoms with Crippen LogP contribution in [-0.4, -0.2) is 0 Å². The van der Waals surface area contributed by atoms with Crippen LogP contribution in [0.3, 0.4) is 0 Å². The molecule has 0 saturated heterocycles. The highest BCUT2D eigenvalue weighted by atomic mass is 14.7. The van der Waals surface area contributed by atoms with Crippen LogP contribution in [0.2, 0.25) is 0 Å². The van der Waals surface area contributed by atoms with Gasteiger partial charge in [-0.15, -0.1) is 0 Å². The van der Waals surface area contributed by atoms with Crippen LogP contribution in [0.4, 0.5) is 0 Å². The first-order valence-corrected chi connectivity index (χ1v) is 4.65. The Kier molecular flexibility index (Phi) is 1.52. The van der Waals surface area contributed by atoms with Gasteiger partial charge in [-0.25, -0.2) is 0 Å². The largest absolute Gasteiger partial charge is 0.0614 e. The normalized spacial score (nSPS) is 42.3. The second-order valence-corrected chi connectivity index (χ2v) is 5.90. The van der Waals surface area contributed by atoms with Gasteiger partial charge in [0.25, 0.3) is 0 Å². The molecule has 1 aliphatic rings. The minimum atomic E-state index is 0.454. The number of rotatable bonds is 0. The highest BCUT2D eigenvalue weighted by Crippen LogP contribution is 2.75. The van der Waals surface area contributed by atoms with Gasteiger partial charge in [0.05, 0.1) is 0 Å². The fourth-order valence-corrected chi connectivity index (χ4v) is 2.89. The van der Waals surface area contributed by atoms with Crippen molar-refractivity contribution in [1.82, 2.24) is 0 Å². The maximum atomic E-state index is 2.43. The van der Waals surface area contributed by atoms with E-state index in [0.29, 0.717) is 16.2 Å². The third-order valence-corrected chi connectivity index (χ3v) is 4.76. The lowest BCUT2D eigenvalue weighted by Gasteiger charge is -2.31. The number of hydrogen-bond donors (Lipinski definition) is 0.